The molecule has 0 spiro atoms. The van der Waals surface area contributed by atoms with Crippen molar-refractivity contribution >= 4 is 53.7 Å². The second-order valence-corrected chi connectivity index (χ2v) is 29.2. The van der Waals surface area contributed by atoms with Crippen molar-refractivity contribution in [2.45, 2.75) is 242 Å². The maximum absolute atomic E-state index is 16.0. The van der Waals surface area contributed by atoms with Gasteiger partial charge < -0.3 is 53.7 Å². The SMILES string of the molecule is CCCCCCCCCCCCCCCCCCCCC(COP(=O)(Oc1cccc(C[C@]2(C#N)O[C@H](c3ccc4c(N)ncnn34)[C@H]3OC(C)(C)O[C@H]32)c1Cl)Oc1cccc(C[C@]2(C#N)O[C@H](c3ccc4c(N)ncnn34)[C@H]3OC(C)(C)O[C@H]32)c1Cl)OCc1cc(F)cc(C#N)c1. The molecule has 4 aliphatic heterocycles. The number of anilines is 2. The highest BCUT2D eigenvalue weighted by Gasteiger charge is 2.66. The minimum absolute atomic E-state index is 0.0686. The zero-order chi connectivity index (χ0) is 69.2. The van der Waals surface area contributed by atoms with E-state index in [9.17, 15) is 20.2 Å². The number of phosphoric ester groups is 1. The molecule has 3 aromatic carbocycles. The summed E-state index contributed by atoms with van der Waals surface area (Å²) in [5, 5.41) is 41.0. The Morgan fingerprint density at radius 1 is 0.612 bits per heavy atom. The summed E-state index contributed by atoms with van der Waals surface area (Å²) < 4.78 is 99.3. The summed E-state index contributed by atoms with van der Waals surface area (Å²) in [6.07, 6.45) is 18.4. The molecule has 0 saturated carbocycles. The Hall–Kier alpha value is -7.01. The van der Waals surface area contributed by atoms with Crippen LogP contribution in [0.2, 0.25) is 10.0 Å². The van der Waals surface area contributed by atoms with E-state index >= 15 is 4.57 Å². The predicted molar refractivity (Wildman–Crippen MR) is 365 cm³/mol. The van der Waals surface area contributed by atoms with Crippen LogP contribution in [0.4, 0.5) is 16.0 Å². The number of aromatic nitrogens is 6. The van der Waals surface area contributed by atoms with E-state index in [1.807, 2.05) is 6.07 Å². The Bertz CT molecular complexity index is 3910. The monoisotopic (exact) mass is 1400 g/mol. The van der Waals surface area contributed by atoms with Crippen LogP contribution in [0, 0.1) is 39.8 Å². The molecule has 0 aliphatic carbocycles. The fourth-order valence-corrected chi connectivity index (χ4v) is 15.8. The molecule has 22 nitrogen and oxygen atoms in total. The molecule has 4 N–H and O–H groups in total. The molecule has 7 aromatic rings. The van der Waals surface area contributed by atoms with Gasteiger partial charge in [-0.25, -0.2) is 28.0 Å². The lowest BCUT2D eigenvalue weighted by molar-refractivity contribution is -0.200. The first kappa shape index (κ1) is 72.2. The van der Waals surface area contributed by atoms with Crippen molar-refractivity contribution < 1.29 is 55.7 Å². The van der Waals surface area contributed by atoms with Gasteiger partial charge in [0, 0.05) is 12.8 Å². The first-order valence-electron chi connectivity index (χ1n) is 34.3. The third-order valence-corrected chi connectivity index (χ3v) is 20.9. The Labute approximate surface area is 581 Å². The van der Waals surface area contributed by atoms with Gasteiger partial charge in [0.1, 0.15) is 78.3 Å². The van der Waals surface area contributed by atoms with Gasteiger partial charge in [-0.15, -0.1) is 0 Å². The number of hydrogen-bond donors (Lipinski definition) is 2. The molecule has 9 atom stereocenters. The van der Waals surface area contributed by atoms with Gasteiger partial charge in [0.25, 0.3) is 0 Å². The minimum Gasteiger partial charge on any atom is -0.393 e. The summed E-state index contributed by atoms with van der Waals surface area (Å²) in [7, 11) is -5.02. The van der Waals surface area contributed by atoms with Gasteiger partial charge in [-0.2, -0.15) is 26.0 Å². The fraction of sp³-hybridized carbons (Fsp3) is 0.542. The van der Waals surface area contributed by atoms with Crippen molar-refractivity contribution in [2.24, 2.45) is 0 Å². The van der Waals surface area contributed by atoms with E-state index in [1.54, 1.807) is 91.3 Å². The number of nitrogen functional groups attached to an aromatic ring is 2. The zero-order valence-electron chi connectivity index (χ0n) is 56.2. The van der Waals surface area contributed by atoms with Crippen LogP contribution >= 0.6 is 31.0 Å². The largest absolute Gasteiger partial charge is 0.587 e. The van der Waals surface area contributed by atoms with Crippen molar-refractivity contribution in [2.75, 3.05) is 18.1 Å². The van der Waals surface area contributed by atoms with Crippen molar-refractivity contribution in [3.05, 3.63) is 141 Å². The average molecular weight is 1400 g/mol. The summed E-state index contributed by atoms with van der Waals surface area (Å²) in [5.74, 6) is -2.72. The van der Waals surface area contributed by atoms with Crippen LogP contribution in [0.15, 0.2) is 91.5 Å². The van der Waals surface area contributed by atoms with E-state index in [2.05, 4.69) is 39.2 Å². The maximum atomic E-state index is 16.0. The lowest BCUT2D eigenvalue weighted by Crippen LogP contribution is -2.44. The standard InChI is InChI=1S/C72H87Cl2FN11O11P/c1-6-7-8-9-10-11-12-13-14-15-16-17-18-19-20-21-22-23-28-52(88-41-48-35-47(40-76)36-51(75)37-48)42-89-98(87,96-57-29-24-26-49(59(57)73)38-71(43-77)65-63(90-69(2,3)94-65)61(92-71)53-31-33-55-67(79)81-45-83-85(53)55)97-58-30-25-27-50(60(58)74)39-72(44-78)66-64(91-70(4,5)95-66)62(93-72)54-32-34-56-68(80)82-46-84-86(54)56/h24-27,29-37,45-46,52,61-66H,6-23,28,38-39,41-42H2,1-5H3,(H2,79,81,83)(H2,80,82,84)/t52?,61-,62-,63-,64-,65-,66-,71-,72-/m1/s1. The fourth-order valence-electron chi connectivity index (χ4n) is 13.9. The van der Waals surface area contributed by atoms with E-state index in [-0.39, 0.29) is 64.8 Å². The zero-order valence-corrected chi connectivity index (χ0v) is 58.6. The smallest absolute Gasteiger partial charge is 0.393 e. The average Bonchev–Trinajstić information content (AvgIpc) is 1.57. The number of phosphoric acid groups is 1. The molecular formula is C72H87Cl2FN11O11P. The first-order chi connectivity index (χ1) is 47.2. The number of nitrogens with zero attached hydrogens (tertiary/aromatic N) is 9. The van der Waals surface area contributed by atoms with Crippen molar-refractivity contribution in [1.82, 2.24) is 29.2 Å². The Kier molecular flexibility index (Phi) is 23.4. The van der Waals surface area contributed by atoms with Crippen LogP contribution in [0.1, 0.15) is 202 Å². The highest BCUT2D eigenvalue weighted by atomic mass is 35.5. The Morgan fingerprint density at radius 3 is 1.50 bits per heavy atom. The molecule has 98 heavy (non-hydrogen) atoms. The summed E-state index contributed by atoms with van der Waals surface area (Å²) in [5.41, 5.74) is 12.3. The molecule has 0 amide bonds. The highest BCUT2D eigenvalue weighted by Crippen LogP contribution is 2.57. The normalized spacial score (nSPS) is 23.4. The van der Waals surface area contributed by atoms with Gasteiger partial charge >= 0.3 is 7.82 Å². The summed E-state index contributed by atoms with van der Waals surface area (Å²) in [6.45, 7) is 8.76. The van der Waals surface area contributed by atoms with Gasteiger partial charge in [-0.1, -0.05) is 170 Å². The highest BCUT2D eigenvalue weighted by molar-refractivity contribution is 7.49. The van der Waals surface area contributed by atoms with Crippen LogP contribution in [0.25, 0.3) is 11.0 Å². The number of halogens is 3. The van der Waals surface area contributed by atoms with Gasteiger partial charge in [0.15, 0.2) is 45.9 Å². The first-order valence-corrected chi connectivity index (χ1v) is 36.5. The second-order valence-electron chi connectivity index (χ2n) is 27.0. The van der Waals surface area contributed by atoms with Crippen molar-refractivity contribution in [1.29, 1.82) is 15.8 Å². The number of fused-ring (bicyclic) bond motifs is 4. The van der Waals surface area contributed by atoms with E-state index in [1.165, 1.54) is 114 Å². The van der Waals surface area contributed by atoms with Crippen molar-refractivity contribution in [3.8, 4) is 29.7 Å². The third kappa shape index (κ3) is 16.6. The van der Waals surface area contributed by atoms with E-state index in [0.717, 1.165) is 31.7 Å². The minimum atomic E-state index is -5.02. The number of nitrogens with two attached hydrogens (primary N) is 2. The summed E-state index contributed by atoms with van der Waals surface area (Å²) in [6, 6.07) is 27.3. The molecule has 522 valence electrons. The predicted octanol–water partition coefficient (Wildman–Crippen LogP) is 16.0. The van der Waals surface area contributed by atoms with Gasteiger partial charge in [0.05, 0.1) is 52.4 Å². The topological polar surface area (TPSA) is 293 Å². The number of unbranched alkanes of at least 4 members (excludes halogenated alkanes) is 17. The number of nitriles is 3. The van der Waals surface area contributed by atoms with Crippen LogP contribution in [-0.4, -0.2) is 89.1 Å². The Morgan fingerprint density at radius 2 is 1.06 bits per heavy atom. The third-order valence-electron chi connectivity index (χ3n) is 18.7. The molecule has 0 radical (unpaired) electrons. The molecule has 11 rings (SSSR count). The number of hydrogen-bond acceptors (Lipinski definition) is 20. The lowest BCUT2D eigenvalue weighted by Gasteiger charge is -2.30. The molecular weight excluding hydrogens is 1320 g/mol. The molecule has 4 aromatic heterocycles. The molecule has 0 bridgehead atoms. The molecule has 4 fully saturated rings. The second kappa shape index (κ2) is 31.7. The van der Waals surface area contributed by atoms with Crippen LogP contribution < -0.4 is 20.5 Å². The molecule has 4 aliphatic rings. The van der Waals surface area contributed by atoms with E-state index in [4.69, 9.17) is 81.4 Å². The molecule has 26 heteroatoms. The molecule has 8 heterocycles. The van der Waals surface area contributed by atoms with Crippen LogP contribution in [0.5, 0.6) is 11.5 Å². The van der Waals surface area contributed by atoms with Crippen LogP contribution in [-0.2, 0) is 61.7 Å². The number of benzene rings is 3. The number of ether oxygens (including phenoxy) is 7. The van der Waals surface area contributed by atoms with Crippen molar-refractivity contribution in [3.63, 3.8) is 0 Å². The quantitative estimate of drug-likeness (QED) is 0.0275. The van der Waals surface area contributed by atoms with Gasteiger partial charge in [0.2, 0.25) is 0 Å². The Balaban J connectivity index is 0.843. The molecule has 1 unspecified atom stereocenters. The van der Waals surface area contributed by atoms with Gasteiger partial charge in [-0.05, 0) is 105 Å². The molecule has 4 saturated heterocycles. The number of rotatable bonds is 35. The van der Waals surface area contributed by atoms with Crippen LogP contribution in [0.3, 0.4) is 0 Å². The van der Waals surface area contributed by atoms with Gasteiger partial charge in [-0.3, -0.25) is 4.52 Å². The lowest BCUT2D eigenvalue weighted by atomic mass is 9.88. The maximum Gasteiger partial charge on any atom is 0.587 e. The van der Waals surface area contributed by atoms with E-state index in [0.29, 0.717) is 52.0 Å². The summed E-state index contributed by atoms with van der Waals surface area (Å²) >= 11 is 14.7. The summed E-state index contributed by atoms with van der Waals surface area (Å²) in [4.78, 5) is 8.26. The van der Waals surface area contributed by atoms with E-state index < -0.39 is 79.1 Å².